The summed E-state index contributed by atoms with van der Waals surface area (Å²) < 4.78 is 27.6. The van der Waals surface area contributed by atoms with Crippen molar-refractivity contribution in [2.75, 3.05) is 0 Å². The van der Waals surface area contributed by atoms with Crippen molar-refractivity contribution < 1.29 is 8.78 Å². The summed E-state index contributed by atoms with van der Waals surface area (Å²) in [6, 6.07) is 8.90. The van der Waals surface area contributed by atoms with Crippen molar-refractivity contribution in [2.45, 2.75) is 96.3 Å². The molecular formula is C30H40F2. The Morgan fingerprint density at radius 2 is 1.44 bits per heavy atom. The van der Waals surface area contributed by atoms with Gasteiger partial charge >= 0.3 is 0 Å². The van der Waals surface area contributed by atoms with Gasteiger partial charge in [0.2, 0.25) is 0 Å². The maximum absolute atomic E-state index is 14.0. The van der Waals surface area contributed by atoms with Gasteiger partial charge in [-0.3, -0.25) is 0 Å². The normalized spacial score (nSPS) is 33.2. The zero-order valence-electron chi connectivity index (χ0n) is 19.8. The van der Waals surface area contributed by atoms with Gasteiger partial charge < -0.3 is 0 Å². The van der Waals surface area contributed by atoms with Gasteiger partial charge in [0.05, 0.1) is 0 Å². The molecule has 174 valence electrons. The van der Waals surface area contributed by atoms with Gasteiger partial charge in [0, 0.05) is 5.39 Å². The van der Waals surface area contributed by atoms with Crippen LogP contribution in [0, 0.1) is 41.2 Å². The predicted octanol–water partition coefficient (Wildman–Crippen LogP) is 9.41. The predicted molar refractivity (Wildman–Crippen MR) is 130 cm³/mol. The van der Waals surface area contributed by atoms with Crippen molar-refractivity contribution in [1.82, 2.24) is 0 Å². The van der Waals surface area contributed by atoms with Gasteiger partial charge in [-0.15, -0.1) is 0 Å². The highest BCUT2D eigenvalue weighted by Gasteiger charge is 2.38. The second kappa shape index (κ2) is 9.82. The highest BCUT2D eigenvalue weighted by atomic mass is 19.2. The van der Waals surface area contributed by atoms with E-state index in [0.29, 0.717) is 11.3 Å². The molecule has 0 bridgehead atoms. The second-order valence-electron chi connectivity index (χ2n) is 11.4. The number of unbranched alkanes of at least 4 members (excludes halogenated alkanes) is 1. The molecule has 5 rings (SSSR count). The standard InChI is InChI=1S/C30H40F2/c1-2-3-4-20-5-6-26-18-24(12-11-23(26)17-20)21-7-9-22(10-8-21)25-13-15-28-27(19-25)14-16-29(31)30(28)32/h13-16,19-24,26H,2-12,17-18H2,1H3. The highest BCUT2D eigenvalue weighted by molar-refractivity contribution is 5.84. The smallest absolute Gasteiger partial charge is 0.166 e. The van der Waals surface area contributed by atoms with E-state index in [1.54, 1.807) is 12.1 Å². The van der Waals surface area contributed by atoms with Crippen LogP contribution in [-0.4, -0.2) is 0 Å². The summed E-state index contributed by atoms with van der Waals surface area (Å²) in [5.41, 5.74) is 1.32. The topological polar surface area (TPSA) is 0 Å². The molecule has 3 fully saturated rings. The summed E-state index contributed by atoms with van der Waals surface area (Å²) >= 11 is 0. The van der Waals surface area contributed by atoms with Crippen LogP contribution in [0.25, 0.3) is 10.8 Å². The van der Waals surface area contributed by atoms with E-state index < -0.39 is 11.6 Å². The van der Waals surface area contributed by atoms with Gasteiger partial charge in [-0.05, 0) is 110 Å². The minimum atomic E-state index is -0.755. The molecule has 3 saturated carbocycles. The van der Waals surface area contributed by atoms with Crippen LogP contribution in [0.3, 0.4) is 0 Å². The van der Waals surface area contributed by atoms with Gasteiger partial charge in [-0.2, -0.15) is 0 Å². The molecule has 2 aromatic rings. The average Bonchev–Trinajstić information content (AvgIpc) is 2.84. The lowest BCUT2D eigenvalue weighted by atomic mass is 9.60. The van der Waals surface area contributed by atoms with E-state index in [-0.39, 0.29) is 0 Å². The molecule has 3 aliphatic carbocycles. The maximum atomic E-state index is 14.0. The van der Waals surface area contributed by atoms with E-state index in [1.807, 2.05) is 6.07 Å². The lowest BCUT2D eigenvalue weighted by Gasteiger charge is -2.45. The van der Waals surface area contributed by atoms with Gasteiger partial charge in [0.25, 0.3) is 0 Å². The first kappa shape index (κ1) is 22.4. The van der Waals surface area contributed by atoms with Crippen molar-refractivity contribution in [1.29, 1.82) is 0 Å². The molecule has 0 nitrogen and oxygen atoms in total. The highest BCUT2D eigenvalue weighted by Crippen LogP contribution is 2.50. The van der Waals surface area contributed by atoms with E-state index in [0.717, 1.165) is 35.0 Å². The Morgan fingerprint density at radius 3 is 2.22 bits per heavy atom. The van der Waals surface area contributed by atoms with E-state index in [9.17, 15) is 8.78 Å². The first-order chi connectivity index (χ1) is 15.6. The van der Waals surface area contributed by atoms with Crippen LogP contribution in [0.5, 0.6) is 0 Å². The molecule has 0 aromatic heterocycles. The van der Waals surface area contributed by atoms with E-state index in [2.05, 4.69) is 13.0 Å². The van der Waals surface area contributed by atoms with Crippen molar-refractivity contribution in [3.8, 4) is 0 Å². The largest absolute Gasteiger partial charge is 0.204 e. The van der Waals surface area contributed by atoms with E-state index >= 15 is 0 Å². The second-order valence-corrected chi connectivity index (χ2v) is 11.4. The summed E-state index contributed by atoms with van der Waals surface area (Å²) in [6.45, 7) is 2.33. The fourth-order valence-corrected chi connectivity index (χ4v) is 7.67. The van der Waals surface area contributed by atoms with Crippen LogP contribution in [0.15, 0.2) is 30.3 Å². The number of hydrogen-bond donors (Lipinski definition) is 0. The third-order valence-corrected chi connectivity index (χ3v) is 9.57. The molecule has 0 radical (unpaired) electrons. The maximum Gasteiger partial charge on any atom is 0.166 e. The quantitative estimate of drug-likeness (QED) is 0.436. The van der Waals surface area contributed by atoms with Crippen LogP contribution in [-0.2, 0) is 0 Å². The zero-order valence-corrected chi connectivity index (χ0v) is 19.8. The third-order valence-electron chi connectivity index (χ3n) is 9.57. The molecule has 0 aliphatic heterocycles. The Bertz CT molecular complexity index is 910. The van der Waals surface area contributed by atoms with Crippen LogP contribution in [0.4, 0.5) is 8.78 Å². The summed E-state index contributed by atoms with van der Waals surface area (Å²) in [4.78, 5) is 0. The Morgan fingerprint density at radius 1 is 0.750 bits per heavy atom. The molecule has 4 unspecified atom stereocenters. The molecule has 2 aromatic carbocycles. The summed E-state index contributed by atoms with van der Waals surface area (Å²) in [5.74, 6) is 4.04. The number of hydrogen-bond acceptors (Lipinski definition) is 0. The van der Waals surface area contributed by atoms with Crippen LogP contribution >= 0.6 is 0 Å². The number of benzene rings is 2. The van der Waals surface area contributed by atoms with E-state index in [1.165, 1.54) is 95.1 Å². The first-order valence-corrected chi connectivity index (χ1v) is 13.5. The lowest BCUT2D eigenvalue weighted by Crippen LogP contribution is -2.34. The Balaban J connectivity index is 1.15. The molecule has 3 aliphatic rings. The molecule has 0 N–H and O–H groups in total. The summed E-state index contributed by atoms with van der Waals surface area (Å²) in [7, 11) is 0. The van der Waals surface area contributed by atoms with Crippen LogP contribution in [0.1, 0.15) is 102 Å². The van der Waals surface area contributed by atoms with Gasteiger partial charge in [0.1, 0.15) is 0 Å². The van der Waals surface area contributed by atoms with Crippen LogP contribution < -0.4 is 0 Å². The summed E-state index contributed by atoms with van der Waals surface area (Å²) in [6.07, 6.45) is 18.4. The Hall–Kier alpha value is -1.44. The van der Waals surface area contributed by atoms with Crippen LogP contribution in [0.2, 0.25) is 0 Å². The van der Waals surface area contributed by atoms with Gasteiger partial charge in [-0.25, -0.2) is 8.78 Å². The minimum Gasteiger partial charge on any atom is -0.204 e. The van der Waals surface area contributed by atoms with Crippen molar-refractivity contribution in [2.24, 2.45) is 29.6 Å². The molecule has 0 amide bonds. The van der Waals surface area contributed by atoms with E-state index in [4.69, 9.17) is 0 Å². The average molecular weight is 439 g/mol. The van der Waals surface area contributed by atoms with Crippen molar-refractivity contribution in [3.63, 3.8) is 0 Å². The SMILES string of the molecule is CCCCC1CCC2CC(C3CCC(c4ccc5c(F)c(F)ccc5c4)CC3)CCC2C1. The fourth-order valence-electron chi connectivity index (χ4n) is 7.67. The number of halogens is 2. The fraction of sp³-hybridized carbons (Fsp3) is 0.667. The Labute approximate surface area is 193 Å². The molecule has 2 heteroatoms. The lowest BCUT2D eigenvalue weighted by molar-refractivity contribution is 0.0615. The van der Waals surface area contributed by atoms with Crippen molar-refractivity contribution in [3.05, 3.63) is 47.5 Å². The molecule has 0 heterocycles. The Kier molecular flexibility index (Phi) is 6.86. The van der Waals surface area contributed by atoms with Gasteiger partial charge in [-0.1, -0.05) is 56.9 Å². The number of fused-ring (bicyclic) bond motifs is 2. The summed E-state index contributed by atoms with van der Waals surface area (Å²) in [5, 5.41) is 1.24. The first-order valence-electron chi connectivity index (χ1n) is 13.5. The molecule has 0 saturated heterocycles. The monoisotopic (exact) mass is 438 g/mol. The van der Waals surface area contributed by atoms with Gasteiger partial charge in [0.15, 0.2) is 11.6 Å². The molecule has 4 atom stereocenters. The zero-order chi connectivity index (χ0) is 22.1. The molecule has 32 heavy (non-hydrogen) atoms. The third kappa shape index (κ3) is 4.62. The molecule has 0 spiro atoms. The number of rotatable bonds is 5. The molecular weight excluding hydrogens is 398 g/mol. The van der Waals surface area contributed by atoms with Crippen molar-refractivity contribution >= 4 is 10.8 Å². The minimum absolute atomic E-state index is 0.406.